The number of phenolic OH excluding ortho intramolecular Hbond substituents is 2. The highest BCUT2D eigenvalue weighted by Crippen LogP contribution is 2.39. The molecule has 1 aromatic carbocycles. The van der Waals surface area contributed by atoms with E-state index in [9.17, 15) is 15.3 Å². The number of methoxy groups -OCH3 is 1. The van der Waals surface area contributed by atoms with Crippen LogP contribution in [0.4, 0.5) is 11.8 Å². The molecule has 0 saturated carbocycles. The fourth-order valence-corrected chi connectivity index (χ4v) is 3.83. The number of anilines is 2. The Labute approximate surface area is 200 Å². The molecule has 0 fully saturated rings. The number of nitrogens with zero attached hydrogens (tertiary/aromatic N) is 4. The van der Waals surface area contributed by atoms with Gasteiger partial charge in [0.25, 0.3) is 0 Å². The minimum atomic E-state index is -0.191. The van der Waals surface area contributed by atoms with Gasteiger partial charge in [0.15, 0.2) is 23.0 Å². The van der Waals surface area contributed by atoms with Crippen molar-refractivity contribution in [2.75, 3.05) is 24.4 Å². The molecular weight excluding hydrogens is 436 g/mol. The van der Waals surface area contributed by atoms with Crippen molar-refractivity contribution in [1.82, 2.24) is 19.7 Å². The average Bonchev–Trinajstić information content (AvgIpc) is 3.22. The Balaban J connectivity index is 2.10. The minimum absolute atomic E-state index is 0.0125. The SMILES string of the molecule is COc1cc(O)c(CNc2nc(NC(CO)C(C)C)n(C(C)C)c3c(C(C)C)nnc2-3)cc1O. The second-order valence-corrected chi connectivity index (χ2v) is 9.37. The Kier molecular flexibility index (Phi) is 7.71. The molecule has 0 saturated heterocycles. The van der Waals surface area contributed by atoms with Crippen LogP contribution < -0.4 is 15.4 Å². The van der Waals surface area contributed by atoms with Gasteiger partial charge in [0.05, 0.1) is 31.1 Å². The summed E-state index contributed by atoms with van der Waals surface area (Å²) in [5, 5.41) is 46.0. The minimum Gasteiger partial charge on any atom is -0.507 e. The molecule has 0 amide bonds. The van der Waals surface area contributed by atoms with E-state index in [1.54, 1.807) is 0 Å². The van der Waals surface area contributed by atoms with Crippen LogP contribution in [0.3, 0.4) is 0 Å². The summed E-state index contributed by atoms with van der Waals surface area (Å²) in [6, 6.07) is 2.69. The number of hydrogen-bond donors (Lipinski definition) is 5. The molecule has 0 bridgehead atoms. The van der Waals surface area contributed by atoms with Gasteiger partial charge < -0.3 is 35.3 Å². The summed E-state index contributed by atoms with van der Waals surface area (Å²) in [4.78, 5) is 4.82. The number of phenols is 2. The number of hydrogen-bond acceptors (Lipinski definition) is 9. The molecule has 2 aliphatic heterocycles. The zero-order valence-electron chi connectivity index (χ0n) is 20.9. The molecule has 0 aromatic heterocycles. The van der Waals surface area contributed by atoms with Crippen LogP contribution in [0.15, 0.2) is 12.1 Å². The zero-order chi connectivity index (χ0) is 25.2. The molecule has 10 nitrogen and oxygen atoms in total. The maximum Gasteiger partial charge on any atom is 0.205 e. The van der Waals surface area contributed by atoms with Gasteiger partial charge >= 0.3 is 0 Å². The zero-order valence-corrected chi connectivity index (χ0v) is 20.9. The summed E-state index contributed by atoms with van der Waals surface area (Å²) in [6.07, 6.45) is 0. The van der Waals surface area contributed by atoms with E-state index in [2.05, 4.69) is 53.1 Å². The molecule has 0 aliphatic carbocycles. The number of aliphatic hydroxyl groups is 1. The predicted molar refractivity (Wildman–Crippen MR) is 132 cm³/mol. The number of ether oxygens (including phenoxy) is 1. The summed E-state index contributed by atoms with van der Waals surface area (Å²) >= 11 is 0. The second kappa shape index (κ2) is 10.3. The van der Waals surface area contributed by atoms with Crippen molar-refractivity contribution >= 4 is 11.8 Å². The van der Waals surface area contributed by atoms with E-state index in [4.69, 9.17) is 9.72 Å². The van der Waals surface area contributed by atoms with Crippen molar-refractivity contribution in [3.8, 4) is 28.6 Å². The molecule has 3 rings (SSSR count). The number of rotatable bonds is 10. The third kappa shape index (κ3) is 4.96. The van der Waals surface area contributed by atoms with Crippen LogP contribution in [0.1, 0.15) is 64.8 Å². The number of aromatic nitrogens is 4. The lowest BCUT2D eigenvalue weighted by molar-refractivity contribution is 0.248. The van der Waals surface area contributed by atoms with E-state index in [0.717, 1.165) is 11.4 Å². The summed E-state index contributed by atoms with van der Waals surface area (Å²) in [6.45, 7) is 12.5. The van der Waals surface area contributed by atoms with E-state index in [1.807, 2.05) is 13.8 Å². The van der Waals surface area contributed by atoms with Gasteiger partial charge in [0.2, 0.25) is 5.95 Å². The van der Waals surface area contributed by atoms with Gasteiger partial charge in [0, 0.05) is 24.2 Å². The quantitative estimate of drug-likeness (QED) is 0.278. The molecular formula is C24H36N6O4. The Morgan fingerprint density at radius 2 is 1.74 bits per heavy atom. The smallest absolute Gasteiger partial charge is 0.205 e. The number of benzene rings is 1. The van der Waals surface area contributed by atoms with Gasteiger partial charge in [-0.2, -0.15) is 10.1 Å². The van der Waals surface area contributed by atoms with Gasteiger partial charge in [0.1, 0.15) is 5.75 Å². The number of nitrogens with one attached hydrogen (secondary N) is 2. The topological polar surface area (TPSA) is 138 Å². The van der Waals surface area contributed by atoms with Gasteiger partial charge in [-0.1, -0.05) is 27.7 Å². The first kappa shape index (κ1) is 25.4. The molecule has 1 unspecified atom stereocenters. The fourth-order valence-electron chi connectivity index (χ4n) is 3.83. The molecule has 186 valence electrons. The third-order valence-corrected chi connectivity index (χ3v) is 5.84. The first-order chi connectivity index (χ1) is 16.1. The number of fused-ring (bicyclic) bond motifs is 1. The standard InChI is InChI=1S/C24H36N6O4/c1-12(2)16(11-31)26-24-27-23(25-10-15-8-18(33)19(34-7)9-17(15)32)21-22(30(24)14(5)6)20(13(3)4)28-29-21/h8-9,12-14,16,25,31-33H,10-11H2,1-7H3,(H,26,27). The third-order valence-electron chi connectivity index (χ3n) is 5.84. The highest BCUT2D eigenvalue weighted by molar-refractivity contribution is 5.75. The molecule has 5 N–H and O–H groups in total. The van der Waals surface area contributed by atoms with Crippen LogP contribution in [0.5, 0.6) is 17.2 Å². The summed E-state index contributed by atoms with van der Waals surface area (Å²) < 4.78 is 7.12. The van der Waals surface area contributed by atoms with E-state index in [0.29, 0.717) is 23.0 Å². The molecule has 34 heavy (non-hydrogen) atoms. The van der Waals surface area contributed by atoms with Crippen molar-refractivity contribution in [3.63, 3.8) is 0 Å². The summed E-state index contributed by atoms with van der Waals surface area (Å²) in [5.74, 6) is 1.51. The van der Waals surface area contributed by atoms with Crippen molar-refractivity contribution in [3.05, 3.63) is 23.4 Å². The van der Waals surface area contributed by atoms with E-state index in [-0.39, 0.29) is 54.3 Å². The van der Waals surface area contributed by atoms with Crippen molar-refractivity contribution < 1.29 is 20.1 Å². The van der Waals surface area contributed by atoms with Gasteiger partial charge in [-0.3, -0.25) is 0 Å². The highest BCUT2D eigenvalue weighted by Gasteiger charge is 2.29. The van der Waals surface area contributed by atoms with Crippen LogP contribution in [-0.2, 0) is 6.54 Å². The first-order valence-electron chi connectivity index (χ1n) is 11.6. The van der Waals surface area contributed by atoms with Crippen LogP contribution in [0.25, 0.3) is 11.4 Å². The van der Waals surface area contributed by atoms with Crippen molar-refractivity contribution in [1.29, 1.82) is 0 Å². The largest absolute Gasteiger partial charge is 0.507 e. The van der Waals surface area contributed by atoms with Gasteiger partial charge in [-0.05, 0) is 31.7 Å². The first-order valence-corrected chi connectivity index (χ1v) is 11.6. The van der Waals surface area contributed by atoms with Crippen LogP contribution >= 0.6 is 0 Å². The Morgan fingerprint density at radius 1 is 1.03 bits per heavy atom. The number of aliphatic hydroxyl groups excluding tert-OH is 1. The number of aromatic hydroxyl groups is 2. The molecule has 1 aromatic rings. The Morgan fingerprint density at radius 3 is 2.29 bits per heavy atom. The highest BCUT2D eigenvalue weighted by atomic mass is 16.5. The lowest BCUT2D eigenvalue weighted by Gasteiger charge is -2.28. The molecule has 2 heterocycles. The fraction of sp³-hybridized carbons (Fsp3) is 0.542. The van der Waals surface area contributed by atoms with Crippen LogP contribution in [-0.4, -0.2) is 54.8 Å². The normalized spacial score (nSPS) is 12.7. The molecule has 0 radical (unpaired) electrons. The summed E-state index contributed by atoms with van der Waals surface area (Å²) in [5.41, 5.74) is 2.81. The predicted octanol–water partition coefficient (Wildman–Crippen LogP) is 3.94. The Bertz CT molecular complexity index is 1100. The molecule has 0 spiro atoms. The molecule has 1 atom stereocenters. The second-order valence-electron chi connectivity index (χ2n) is 9.37. The van der Waals surface area contributed by atoms with Gasteiger partial charge in [-0.15, -0.1) is 5.10 Å². The maximum absolute atomic E-state index is 10.4. The monoisotopic (exact) mass is 472 g/mol. The van der Waals surface area contributed by atoms with E-state index >= 15 is 0 Å². The van der Waals surface area contributed by atoms with E-state index < -0.39 is 0 Å². The van der Waals surface area contributed by atoms with Crippen LogP contribution in [0.2, 0.25) is 0 Å². The lowest BCUT2D eigenvalue weighted by atomic mass is 10.0. The molecule has 10 heteroatoms. The molecule has 2 aliphatic rings. The van der Waals surface area contributed by atoms with Crippen molar-refractivity contribution in [2.24, 2.45) is 5.92 Å². The van der Waals surface area contributed by atoms with E-state index in [1.165, 1.54) is 19.2 Å². The lowest BCUT2D eigenvalue weighted by Crippen LogP contribution is -2.32. The van der Waals surface area contributed by atoms with Crippen LogP contribution in [0, 0.1) is 5.92 Å². The average molecular weight is 473 g/mol. The van der Waals surface area contributed by atoms with Gasteiger partial charge in [-0.25, -0.2) is 0 Å². The maximum atomic E-state index is 10.4. The Hall–Kier alpha value is -3.27. The van der Waals surface area contributed by atoms with Crippen molar-refractivity contribution in [2.45, 2.75) is 66.1 Å². The summed E-state index contributed by atoms with van der Waals surface area (Å²) in [7, 11) is 1.42.